The maximum Gasteiger partial charge on any atom is 0.119 e. The van der Waals surface area contributed by atoms with Gasteiger partial charge < -0.3 is 4.74 Å². The molecular weight excluding hydrogens is 234 g/mol. The SMILES string of the molecule is C=CCN1CCC(C)(c2cccc(OC)c2)C(C)C1. The minimum atomic E-state index is 0.242. The molecule has 2 unspecified atom stereocenters. The van der Waals surface area contributed by atoms with E-state index in [1.165, 1.54) is 12.0 Å². The number of ether oxygens (including phenoxy) is 1. The molecule has 1 aromatic carbocycles. The molecule has 0 saturated carbocycles. The molecule has 1 heterocycles. The molecule has 0 amide bonds. The average Bonchev–Trinajstić information content (AvgIpc) is 2.43. The summed E-state index contributed by atoms with van der Waals surface area (Å²) in [5.41, 5.74) is 1.64. The number of piperidine rings is 1. The van der Waals surface area contributed by atoms with Gasteiger partial charge in [-0.2, -0.15) is 0 Å². The van der Waals surface area contributed by atoms with Gasteiger partial charge in [-0.15, -0.1) is 6.58 Å². The van der Waals surface area contributed by atoms with E-state index in [4.69, 9.17) is 4.74 Å². The summed E-state index contributed by atoms with van der Waals surface area (Å²) in [5.74, 6) is 1.59. The van der Waals surface area contributed by atoms with E-state index in [0.717, 1.165) is 25.4 Å². The van der Waals surface area contributed by atoms with Crippen LogP contribution in [0.4, 0.5) is 0 Å². The molecule has 1 aliphatic heterocycles. The van der Waals surface area contributed by atoms with Gasteiger partial charge in [-0.05, 0) is 42.0 Å². The second kappa shape index (κ2) is 5.79. The highest BCUT2D eigenvalue weighted by atomic mass is 16.5. The Morgan fingerprint density at radius 3 is 2.95 bits per heavy atom. The fourth-order valence-electron chi connectivity index (χ4n) is 3.07. The first-order valence-electron chi connectivity index (χ1n) is 7.08. The van der Waals surface area contributed by atoms with E-state index in [1.54, 1.807) is 7.11 Å². The van der Waals surface area contributed by atoms with Crippen molar-refractivity contribution in [3.05, 3.63) is 42.5 Å². The zero-order valence-corrected chi connectivity index (χ0v) is 12.4. The minimum absolute atomic E-state index is 0.242. The van der Waals surface area contributed by atoms with Gasteiger partial charge in [0.05, 0.1) is 7.11 Å². The van der Waals surface area contributed by atoms with E-state index in [1.807, 2.05) is 12.1 Å². The van der Waals surface area contributed by atoms with Crippen LogP contribution in [-0.4, -0.2) is 31.6 Å². The Hall–Kier alpha value is -1.28. The number of benzene rings is 1. The summed E-state index contributed by atoms with van der Waals surface area (Å²) in [5, 5.41) is 0. The van der Waals surface area contributed by atoms with Crippen LogP contribution in [0.1, 0.15) is 25.8 Å². The molecule has 1 aromatic rings. The first-order valence-corrected chi connectivity index (χ1v) is 7.08. The first kappa shape index (κ1) is 14.1. The van der Waals surface area contributed by atoms with Crippen molar-refractivity contribution in [2.75, 3.05) is 26.7 Å². The summed E-state index contributed by atoms with van der Waals surface area (Å²) in [6, 6.07) is 8.55. The van der Waals surface area contributed by atoms with Gasteiger partial charge in [0.1, 0.15) is 5.75 Å². The summed E-state index contributed by atoms with van der Waals surface area (Å²) < 4.78 is 5.36. The summed E-state index contributed by atoms with van der Waals surface area (Å²) in [6.45, 7) is 11.9. The molecule has 0 aromatic heterocycles. The fourth-order valence-corrected chi connectivity index (χ4v) is 3.07. The van der Waals surface area contributed by atoms with Gasteiger partial charge in [0.2, 0.25) is 0 Å². The standard InChI is InChI=1S/C17H25NO/c1-5-10-18-11-9-17(3,14(2)13-18)15-7-6-8-16(12-15)19-4/h5-8,12,14H,1,9-11,13H2,2-4H3. The van der Waals surface area contributed by atoms with Crippen LogP contribution in [0.15, 0.2) is 36.9 Å². The van der Waals surface area contributed by atoms with Crippen molar-refractivity contribution >= 4 is 0 Å². The molecule has 0 N–H and O–H groups in total. The summed E-state index contributed by atoms with van der Waals surface area (Å²) >= 11 is 0. The Labute approximate surface area is 117 Å². The Morgan fingerprint density at radius 1 is 1.53 bits per heavy atom. The van der Waals surface area contributed by atoms with Crippen molar-refractivity contribution in [2.24, 2.45) is 5.92 Å². The first-order chi connectivity index (χ1) is 9.10. The molecule has 1 saturated heterocycles. The lowest BCUT2D eigenvalue weighted by atomic mass is 9.68. The fraction of sp³-hybridized carbons (Fsp3) is 0.529. The molecule has 0 spiro atoms. The van der Waals surface area contributed by atoms with Crippen LogP contribution in [0.3, 0.4) is 0 Å². The number of rotatable bonds is 4. The summed E-state index contributed by atoms with van der Waals surface area (Å²) in [7, 11) is 1.73. The van der Waals surface area contributed by atoms with Crippen LogP contribution in [-0.2, 0) is 5.41 Å². The number of methoxy groups -OCH3 is 1. The third-order valence-electron chi connectivity index (χ3n) is 4.68. The molecule has 0 radical (unpaired) electrons. The van der Waals surface area contributed by atoms with Crippen molar-refractivity contribution in [1.82, 2.24) is 4.90 Å². The van der Waals surface area contributed by atoms with Gasteiger partial charge in [0.15, 0.2) is 0 Å². The molecule has 1 fully saturated rings. The maximum absolute atomic E-state index is 5.36. The van der Waals surface area contributed by atoms with Crippen LogP contribution in [0.2, 0.25) is 0 Å². The Kier molecular flexibility index (Phi) is 4.31. The van der Waals surface area contributed by atoms with Crippen molar-refractivity contribution < 1.29 is 4.74 Å². The largest absolute Gasteiger partial charge is 0.497 e. The monoisotopic (exact) mass is 259 g/mol. The second-order valence-electron chi connectivity index (χ2n) is 5.85. The lowest BCUT2D eigenvalue weighted by Crippen LogP contribution is -2.47. The van der Waals surface area contributed by atoms with E-state index in [-0.39, 0.29) is 5.41 Å². The molecule has 2 rings (SSSR count). The van der Waals surface area contributed by atoms with E-state index in [2.05, 4.69) is 43.5 Å². The van der Waals surface area contributed by atoms with Crippen molar-refractivity contribution in [1.29, 1.82) is 0 Å². The molecule has 2 atom stereocenters. The summed E-state index contributed by atoms with van der Waals surface area (Å²) in [6.07, 6.45) is 3.19. The summed E-state index contributed by atoms with van der Waals surface area (Å²) in [4.78, 5) is 2.49. The van der Waals surface area contributed by atoms with E-state index < -0.39 is 0 Å². The molecular formula is C17H25NO. The molecule has 104 valence electrons. The third-order valence-corrected chi connectivity index (χ3v) is 4.68. The molecule has 0 aliphatic carbocycles. The van der Waals surface area contributed by atoms with Crippen molar-refractivity contribution in [3.63, 3.8) is 0 Å². The van der Waals surface area contributed by atoms with Crippen molar-refractivity contribution in [2.45, 2.75) is 25.7 Å². The number of nitrogens with zero attached hydrogens (tertiary/aromatic N) is 1. The Bertz CT molecular complexity index is 443. The highest BCUT2D eigenvalue weighted by Crippen LogP contribution is 2.40. The predicted molar refractivity (Wildman–Crippen MR) is 80.8 cm³/mol. The number of likely N-dealkylation sites (tertiary alicyclic amines) is 1. The van der Waals surface area contributed by atoms with E-state index in [9.17, 15) is 0 Å². The zero-order valence-electron chi connectivity index (χ0n) is 12.4. The topological polar surface area (TPSA) is 12.5 Å². The average molecular weight is 259 g/mol. The molecule has 19 heavy (non-hydrogen) atoms. The second-order valence-corrected chi connectivity index (χ2v) is 5.85. The Balaban J connectivity index is 2.20. The van der Waals surface area contributed by atoms with E-state index >= 15 is 0 Å². The van der Waals surface area contributed by atoms with Gasteiger partial charge in [0, 0.05) is 13.1 Å². The highest BCUT2D eigenvalue weighted by Gasteiger charge is 2.37. The van der Waals surface area contributed by atoms with Gasteiger partial charge in [-0.3, -0.25) is 4.90 Å². The van der Waals surface area contributed by atoms with Gasteiger partial charge in [-0.1, -0.05) is 32.1 Å². The van der Waals surface area contributed by atoms with Crippen LogP contribution in [0.5, 0.6) is 5.75 Å². The zero-order chi connectivity index (χ0) is 13.9. The van der Waals surface area contributed by atoms with Gasteiger partial charge >= 0.3 is 0 Å². The van der Waals surface area contributed by atoms with Crippen molar-refractivity contribution in [3.8, 4) is 5.75 Å². The maximum atomic E-state index is 5.36. The number of hydrogen-bond acceptors (Lipinski definition) is 2. The minimum Gasteiger partial charge on any atom is -0.497 e. The van der Waals surface area contributed by atoms with E-state index in [0.29, 0.717) is 5.92 Å². The normalized spacial score (nSPS) is 28.1. The van der Waals surface area contributed by atoms with Crippen LogP contribution in [0.25, 0.3) is 0 Å². The highest BCUT2D eigenvalue weighted by molar-refractivity contribution is 5.34. The van der Waals surface area contributed by atoms with Gasteiger partial charge in [-0.25, -0.2) is 0 Å². The predicted octanol–water partition coefficient (Wildman–Crippen LogP) is 3.48. The Morgan fingerprint density at radius 2 is 2.32 bits per heavy atom. The van der Waals surface area contributed by atoms with Crippen LogP contribution >= 0.6 is 0 Å². The smallest absolute Gasteiger partial charge is 0.119 e. The molecule has 2 heteroatoms. The third kappa shape index (κ3) is 2.84. The van der Waals surface area contributed by atoms with Gasteiger partial charge in [0.25, 0.3) is 0 Å². The van der Waals surface area contributed by atoms with Crippen LogP contribution in [0, 0.1) is 5.92 Å². The lowest BCUT2D eigenvalue weighted by Gasteiger charge is -2.45. The molecule has 2 nitrogen and oxygen atoms in total. The number of hydrogen-bond donors (Lipinski definition) is 0. The van der Waals surface area contributed by atoms with Crippen LogP contribution < -0.4 is 4.74 Å². The quantitative estimate of drug-likeness (QED) is 0.768. The molecule has 0 bridgehead atoms. The lowest BCUT2D eigenvalue weighted by molar-refractivity contribution is 0.121. The molecule has 1 aliphatic rings.